The minimum atomic E-state index is -4.46. The molecule has 0 fully saturated rings. The number of rotatable bonds is 3. The quantitative estimate of drug-likeness (QED) is 0.563. The maximum atomic E-state index is 13.2. The van der Waals surface area contributed by atoms with Gasteiger partial charge in [-0.05, 0) is 24.6 Å². The molecule has 0 heterocycles. The molecular formula is C19H15F3NP. The largest absolute Gasteiger partial charge is 0.418 e. The summed E-state index contributed by atoms with van der Waals surface area (Å²) in [6.45, 7) is 0. The van der Waals surface area contributed by atoms with Crippen LogP contribution in [-0.2, 0) is 6.18 Å². The van der Waals surface area contributed by atoms with E-state index >= 15 is 0 Å². The molecule has 0 atom stereocenters. The molecule has 3 aromatic carbocycles. The zero-order valence-corrected chi connectivity index (χ0v) is 13.6. The molecule has 0 aliphatic carbocycles. The lowest BCUT2D eigenvalue weighted by atomic mass is 10.2. The van der Waals surface area contributed by atoms with Crippen LogP contribution in [0.2, 0.25) is 0 Å². The predicted octanol–water partition coefficient (Wildman–Crippen LogP) is 4.05. The van der Waals surface area contributed by atoms with Gasteiger partial charge in [-0.2, -0.15) is 13.2 Å². The topological polar surface area (TPSA) is 26.0 Å². The van der Waals surface area contributed by atoms with Crippen LogP contribution in [0.4, 0.5) is 18.9 Å². The van der Waals surface area contributed by atoms with E-state index in [4.69, 9.17) is 5.73 Å². The number of hydrogen-bond donors (Lipinski definition) is 1. The number of para-hydroxylation sites is 1. The fraction of sp³-hybridized carbons (Fsp3) is 0.0526. The predicted molar refractivity (Wildman–Crippen MR) is 94.6 cm³/mol. The third-order valence-corrected chi connectivity index (χ3v) is 6.16. The summed E-state index contributed by atoms with van der Waals surface area (Å²) in [5.74, 6) is 0. The summed E-state index contributed by atoms with van der Waals surface area (Å²) in [4.78, 5) is 0. The molecule has 0 aliphatic heterocycles. The highest BCUT2D eigenvalue weighted by atomic mass is 31.1. The molecule has 122 valence electrons. The SMILES string of the molecule is Nc1c(P(c2ccccc2)c2ccccc2)cccc1C(F)(F)F. The molecule has 0 unspecified atom stereocenters. The number of nitrogen functional groups attached to an aromatic ring is 1. The van der Waals surface area contributed by atoms with E-state index in [-0.39, 0.29) is 5.69 Å². The van der Waals surface area contributed by atoms with Gasteiger partial charge in [0.15, 0.2) is 0 Å². The van der Waals surface area contributed by atoms with Crippen LogP contribution in [0.25, 0.3) is 0 Å². The zero-order valence-electron chi connectivity index (χ0n) is 12.7. The number of nitrogens with two attached hydrogens (primary N) is 1. The second-order valence-electron chi connectivity index (χ2n) is 5.24. The summed E-state index contributed by atoms with van der Waals surface area (Å²) < 4.78 is 39.7. The zero-order chi connectivity index (χ0) is 17.2. The van der Waals surface area contributed by atoms with Crippen molar-refractivity contribution in [2.75, 3.05) is 5.73 Å². The molecule has 3 aromatic rings. The van der Waals surface area contributed by atoms with E-state index in [1.807, 2.05) is 60.7 Å². The molecule has 0 aliphatic rings. The molecule has 0 saturated carbocycles. The van der Waals surface area contributed by atoms with Gasteiger partial charge in [-0.25, -0.2) is 0 Å². The molecule has 1 nitrogen and oxygen atoms in total. The molecule has 0 spiro atoms. The van der Waals surface area contributed by atoms with Gasteiger partial charge < -0.3 is 5.73 Å². The van der Waals surface area contributed by atoms with Gasteiger partial charge in [-0.1, -0.05) is 72.8 Å². The molecular weight excluding hydrogens is 330 g/mol. The van der Waals surface area contributed by atoms with E-state index in [9.17, 15) is 13.2 Å². The van der Waals surface area contributed by atoms with Crippen LogP contribution >= 0.6 is 7.92 Å². The van der Waals surface area contributed by atoms with E-state index < -0.39 is 19.7 Å². The summed E-state index contributed by atoms with van der Waals surface area (Å²) in [6.07, 6.45) is -4.46. The molecule has 0 amide bonds. The number of halogens is 3. The van der Waals surface area contributed by atoms with Gasteiger partial charge in [0.1, 0.15) is 0 Å². The first-order valence-electron chi connectivity index (χ1n) is 7.34. The Kier molecular flexibility index (Phi) is 4.59. The van der Waals surface area contributed by atoms with Crippen LogP contribution in [0.3, 0.4) is 0 Å². The lowest BCUT2D eigenvalue weighted by molar-refractivity contribution is -0.136. The van der Waals surface area contributed by atoms with Gasteiger partial charge in [0.05, 0.1) is 11.3 Å². The standard InChI is InChI=1S/C19H15F3NP/c20-19(21,22)16-12-7-13-17(18(16)23)24(14-8-3-1-4-9-14)15-10-5-2-6-11-15/h1-13H,23H2. The van der Waals surface area contributed by atoms with Crippen LogP contribution in [0, 0.1) is 0 Å². The van der Waals surface area contributed by atoms with Crippen LogP contribution in [0.15, 0.2) is 78.9 Å². The third-order valence-electron chi connectivity index (χ3n) is 3.66. The van der Waals surface area contributed by atoms with Crippen molar-refractivity contribution in [2.45, 2.75) is 6.18 Å². The summed E-state index contributed by atoms with van der Waals surface area (Å²) >= 11 is 0. The van der Waals surface area contributed by atoms with Gasteiger partial charge in [-0.3, -0.25) is 0 Å². The summed E-state index contributed by atoms with van der Waals surface area (Å²) in [5.41, 5.74) is 4.97. The van der Waals surface area contributed by atoms with Gasteiger partial charge in [0, 0.05) is 5.30 Å². The van der Waals surface area contributed by atoms with Crippen molar-refractivity contribution in [2.24, 2.45) is 0 Å². The van der Waals surface area contributed by atoms with E-state index in [0.717, 1.165) is 16.7 Å². The van der Waals surface area contributed by atoms with Crippen molar-refractivity contribution in [1.82, 2.24) is 0 Å². The lowest BCUT2D eigenvalue weighted by Crippen LogP contribution is -2.25. The number of anilines is 1. The second kappa shape index (κ2) is 6.66. The minimum Gasteiger partial charge on any atom is -0.398 e. The average molecular weight is 345 g/mol. The Morgan fingerprint density at radius 1 is 0.667 bits per heavy atom. The molecule has 2 N–H and O–H groups in total. The number of hydrogen-bond acceptors (Lipinski definition) is 1. The second-order valence-corrected chi connectivity index (χ2v) is 7.43. The smallest absolute Gasteiger partial charge is 0.398 e. The number of alkyl halides is 3. The van der Waals surface area contributed by atoms with E-state index in [0.29, 0.717) is 5.30 Å². The van der Waals surface area contributed by atoms with Crippen LogP contribution in [-0.4, -0.2) is 0 Å². The molecule has 0 bridgehead atoms. The van der Waals surface area contributed by atoms with Gasteiger partial charge >= 0.3 is 6.18 Å². The van der Waals surface area contributed by atoms with Crippen LogP contribution in [0.5, 0.6) is 0 Å². The summed E-state index contributed by atoms with van der Waals surface area (Å²) in [6, 6.07) is 23.2. The van der Waals surface area contributed by atoms with Crippen molar-refractivity contribution in [3.63, 3.8) is 0 Å². The molecule has 0 radical (unpaired) electrons. The van der Waals surface area contributed by atoms with E-state index in [2.05, 4.69) is 0 Å². The highest BCUT2D eigenvalue weighted by Crippen LogP contribution is 2.39. The Morgan fingerprint density at radius 3 is 1.62 bits per heavy atom. The Labute approximate surface area is 139 Å². The first-order valence-corrected chi connectivity index (χ1v) is 8.68. The Bertz CT molecular complexity index is 778. The van der Waals surface area contributed by atoms with Crippen molar-refractivity contribution in [3.8, 4) is 0 Å². The maximum Gasteiger partial charge on any atom is 0.418 e. The van der Waals surface area contributed by atoms with Crippen molar-refractivity contribution in [1.29, 1.82) is 0 Å². The lowest BCUT2D eigenvalue weighted by Gasteiger charge is -2.22. The minimum absolute atomic E-state index is 0.191. The highest BCUT2D eigenvalue weighted by molar-refractivity contribution is 7.80. The molecule has 3 rings (SSSR count). The fourth-order valence-electron chi connectivity index (χ4n) is 2.58. The molecule has 5 heteroatoms. The van der Waals surface area contributed by atoms with Crippen LogP contribution < -0.4 is 21.6 Å². The average Bonchev–Trinajstić information content (AvgIpc) is 2.58. The van der Waals surface area contributed by atoms with E-state index in [1.165, 1.54) is 6.07 Å². The maximum absolute atomic E-state index is 13.2. The van der Waals surface area contributed by atoms with Crippen molar-refractivity contribution >= 4 is 29.5 Å². The fourth-order valence-corrected chi connectivity index (χ4v) is 4.97. The molecule has 0 aromatic heterocycles. The third kappa shape index (κ3) is 3.29. The van der Waals surface area contributed by atoms with Crippen molar-refractivity contribution in [3.05, 3.63) is 84.4 Å². The Morgan fingerprint density at radius 2 is 1.17 bits per heavy atom. The Hall–Kier alpha value is -2.32. The monoisotopic (exact) mass is 345 g/mol. The summed E-state index contributed by atoms with van der Waals surface area (Å²) in [7, 11) is -1.16. The highest BCUT2D eigenvalue weighted by Gasteiger charge is 2.34. The Balaban J connectivity index is 2.21. The van der Waals surface area contributed by atoms with E-state index in [1.54, 1.807) is 6.07 Å². The van der Waals surface area contributed by atoms with Gasteiger partial charge in [0.25, 0.3) is 0 Å². The molecule has 0 saturated heterocycles. The van der Waals surface area contributed by atoms with Gasteiger partial charge in [-0.15, -0.1) is 0 Å². The normalized spacial score (nSPS) is 11.7. The first-order chi connectivity index (χ1) is 11.5. The summed E-state index contributed by atoms with van der Waals surface area (Å²) in [5, 5.41) is 2.45. The van der Waals surface area contributed by atoms with Crippen molar-refractivity contribution < 1.29 is 13.2 Å². The van der Waals surface area contributed by atoms with Crippen LogP contribution in [0.1, 0.15) is 5.56 Å². The molecule has 24 heavy (non-hydrogen) atoms. The first kappa shape index (κ1) is 16.5. The van der Waals surface area contributed by atoms with Gasteiger partial charge in [0.2, 0.25) is 0 Å². The number of benzene rings is 3.